The van der Waals surface area contributed by atoms with Crippen LogP contribution in [0.25, 0.3) is 0 Å². The van der Waals surface area contributed by atoms with E-state index >= 15 is 0 Å². The first kappa shape index (κ1) is 16.4. The molecular formula is C14H16N4O5. The third kappa shape index (κ3) is 4.27. The monoisotopic (exact) mass is 320 g/mol. The molecule has 0 radical (unpaired) electrons. The summed E-state index contributed by atoms with van der Waals surface area (Å²) in [4.78, 5) is 29.0. The van der Waals surface area contributed by atoms with Gasteiger partial charge < -0.3 is 19.0 Å². The van der Waals surface area contributed by atoms with Crippen molar-refractivity contribution in [2.24, 2.45) is 0 Å². The van der Waals surface area contributed by atoms with Gasteiger partial charge in [0, 0.05) is 20.3 Å². The van der Waals surface area contributed by atoms with Crippen molar-refractivity contribution < 1.29 is 23.8 Å². The molecule has 2 heterocycles. The molecule has 0 atom stereocenters. The molecule has 122 valence electrons. The number of aromatic nitrogens is 3. The summed E-state index contributed by atoms with van der Waals surface area (Å²) in [6.45, 7) is 0. The van der Waals surface area contributed by atoms with Gasteiger partial charge in [-0.1, -0.05) is 0 Å². The zero-order valence-electron chi connectivity index (χ0n) is 13.1. The zero-order valence-corrected chi connectivity index (χ0v) is 13.1. The van der Waals surface area contributed by atoms with E-state index in [9.17, 15) is 4.79 Å². The molecule has 23 heavy (non-hydrogen) atoms. The molecule has 2 rings (SSSR count). The minimum Gasteiger partial charge on any atom is -0.481 e. The summed E-state index contributed by atoms with van der Waals surface area (Å²) in [7, 11) is 6.07. The third-order valence-corrected chi connectivity index (χ3v) is 2.51. The van der Waals surface area contributed by atoms with Crippen molar-refractivity contribution in [3.05, 3.63) is 30.1 Å². The quantitative estimate of drug-likeness (QED) is 0.730. The second kappa shape index (κ2) is 7.36. The average Bonchev–Trinajstić information content (AvgIpc) is 2.54. The smallest absolute Gasteiger partial charge is 0.379 e. The summed E-state index contributed by atoms with van der Waals surface area (Å²) in [5.74, 6) is -0.00330. The molecular weight excluding hydrogens is 304 g/mol. The molecule has 0 aromatic carbocycles. The Bertz CT molecular complexity index is 670. The summed E-state index contributed by atoms with van der Waals surface area (Å²) in [6, 6.07) is 4.61. The number of hydroxylamine groups is 2. The van der Waals surface area contributed by atoms with Crippen molar-refractivity contribution in [3.63, 3.8) is 0 Å². The van der Waals surface area contributed by atoms with Crippen molar-refractivity contribution in [3.8, 4) is 23.5 Å². The number of hydrogen-bond donors (Lipinski definition) is 0. The number of rotatable bonds is 6. The SMILES string of the molecule is COc1cc(OC)nc(Oc2cccnc2C(=O)ON(C)C)n1. The van der Waals surface area contributed by atoms with Crippen LogP contribution in [-0.2, 0) is 4.84 Å². The first-order valence-corrected chi connectivity index (χ1v) is 6.53. The fourth-order valence-electron chi connectivity index (χ4n) is 1.57. The van der Waals surface area contributed by atoms with E-state index in [0.717, 1.165) is 0 Å². The van der Waals surface area contributed by atoms with Gasteiger partial charge in [-0.25, -0.2) is 9.78 Å². The summed E-state index contributed by atoms with van der Waals surface area (Å²) >= 11 is 0. The van der Waals surface area contributed by atoms with Gasteiger partial charge >= 0.3 is 12.0 Å². The van der Waals surface area contributed by atoms with E-state index in [0.29, 0.717) is 0 Å². The van der Waals surface area contributed by atoms with Crippen LogP contribution in [0.5, 0.6) is 23.5 Å². The Kier molecular flexibility index (Phi) is 5.26. The highest BCUT2D eigenvalue weighted by Crippen LogP contribution is 2.25. The van der Waals surface area contributed by atoms with Gasteiger partial charge in [0.2, 0.25) is 11.8 Å². The van der Waals surface area contributed by atoms with Crippen molar-refractivity contribution in [1.82, 2.24) is 20.0 Å². The predicted octanol–water partition coefficient (Wildman–Crippen LogP) is 1.31. The van der Waals surface area contributed by atoms with Crippen molar-refractivity contribution in [1.29, 1.82) is 0 Å². The second-order valence-corrected chi connectivity index (χ2v) is 4.38. The number of methoxy groups -OCH3 is 2. The molecule has 0 N–H and O–H groups in total. The number of carbonyl (C=O) groups excluding carboxylic acids is 1. The fraction of sp³-hybridized carbons (Fsp3) is 0.286. The topological polar surface area (TPSA) is 95.9 Å². The van der Waals surface area contributed by atoms with Crippen molar-refractivity contribution in [2.45, 2.75) is 0 Å². The van der Waals surface area contributed by atoms with Crippen LogP contribution < -0.4 is 14.2 Å². The van der Waals surface area contributed by atoms with Gasteiger partial charge in [0.05, 0.1) is 20.3 Å². The van der Waals surface area contributed by atoms with Gasteiger partial charge in [-0.3, -0.25) is 0 Å². The number of nitrogens with zero attached hydrogens (tertiary/aromatic N) is 4. The number of pyridine rings is 1. The minimum absolute atomic E-state index is 0.00779. The molecule has 0 aliphatic heterocycles. The average molecular weight is 320 g/mol. The molecule has 0 fully saturated rings. The van der Waals surface area contributed by atoms with E-state index in [-0.39, 0.29) is 29.2 Å². The lowest BCUT2D eigenvalue weighted by Crippen LogP contribution is -2.20. The maximum absolute atomic E-state index is 12.0. The van der Waals surface area contributed by atoms with E-state index in [4.69, 9.17) is 19.0 Å². The standard InChI is InChI=1S/C14H16N4O5/c1-18(2)23-13(19)12-9(6-5-7-15-12)22-14-16-10(20-3)8-11(17-14)21-4/h5-8H,1-4H3. The first-order valence-electron chi connectivity index (χ1n) is 6.53. The van der Waals surface area contributed by atoms with Crippen LogP contribution in [0.2, 0.25) is 0 Å². The van der Waals surface area contributed by atoms with Crippen LogP contribution in [0.15, 0.2) is 24.4 Å². The molecule has 0 saturated carbocycles. The molecule has 2 aromatic rings. The summed E-state index contributed by atoms with van der Waals surface area (Å²) in [5.41, 5.74) is -0.00779. The van der Waals surface area contributed by atoms with Crippen molar-refractivity contribution >= 4 is 5.97 Å². The molecule has 2 aromatic heterocycles. The Morgan fingerprint density at radius 1 is 1.13 bits per heavy atom. The Balaban J connectivity index is 2.32. The zero-order chi connectivity index (χ0) is 16.8. The minimum atomic E-state index is -0.666. The van der Waals surface area contributed by atoms with Crippen molar-refractivity contribution in [2.75, 3.05) is 28.3 Å². The molecule has 0 saturated heterocycles. The van der Waals surface area contributed by atoms with Crippen LogP contribution in [0.4, 0.5) is 0 Å². The van der Waals surface area contributed by atoms with Crippen LogP contribution in [0.3, 0.4) is 0 Å². The van der Waals surface area contributed by atoms with E-state index < -0.39 is 5.97 Å². The summed E-state index contributed by atoms with van der Waals surface area (Å²) < 4.78 is 15.6. The van der Waals surface area contributed by atoms with Gasteiger partial charge in [-0.05, 0) is 12.1 Å². The van der Waals surface area contributed by atoms with Gasteiger partial charge in [-0.2, -0.15) is 9.97 Å². The highest BCUT2D eigenvalue weighted by Gasteiger charge is 2.19. The van der Waals surface area contributed by atoms with E-state index in [1.54, 1.807) is 26.2 Å². The molecule has 0 amide bonds. The lowest BCUT2D eigenvalue weighted by molar-refractivity contribution is -0.0720. The molecule has 0 unspecified atom stereocenters. The Labute approximate surface area is 132 Å². The molecule has 9 nitrogen and oxygen atoms in total. The maximum atomic E-state index is 12.0. The summed E-state index contributed by atoms with van der Waals surface area (Å²) in [5, 5.41) is 1.26. The highest BCUT2D eigenvalue weighted by molar-refractivity contribution is 5.90. The van der Waals surface area contributed by atoms with Crippen LogP contribution in [0, 0.1) is 0 Å². The van der Waals surface area contributed by atoms with Gasteiger partial charge in [-0.15, -0.1) is 5.06 Å². The van der Waals surface area contributed by atoms with E-state index in [2.05, 4.69) is 15.0 Å². The van der Waals surface area contributed by atoms with E-state index in [1.165, 1.54) is 31.5 Å². The molecule has 0 bridgehead atoms. The largest absolute Gasteiger partial charge is 0.481 e. The summed E-state index contributed by atoms with van der Waals surface area (Å²) in [6.07, 6.45) is 1.45. The van der Waals surface area contributed by atoms with Gasteiger partial charge in [0.15, 0.2) is 11.4 Å². The lowest BCUT2D eigenvalue weighted by Gasteiger charge is -2.12. The van der Waals surface area contributed by atoms with Crippen LogP contribution >= 0.6 is 0 Å². The third-order valence-electron chi connectivity index (χ3n) is 2.51. The Hall–Kier alpha value is -2.94. The Morgan fingerprint density at radius 2 is 1.78 bits per heavy atom. The molecule has 0 spiro atoms. The van der Waals surface area contributed by atoms with Gasteiger partial charge in [0.25, 0.3) is 0 Å². The molecule has 0 aliphatic rings. The predicted molar refractivity (Wildman–Crippen MR) is 78.5 cm³/mol. The molecule has 9 heteroatoms. The van der Waals surface area contributed by atoms with E-state index in [1.807, 2.05) is 0 Å². The lowest BCUT2D eigenvalue weighted by atomic mass is 10.3. The maximum Gasteiger partial charge on any atom is 0.379 e. The fourth-order valence-corrected chi connectivity index (χ4v) is 1.57. The van der Waals surface area contributed by atoms with Gasteiger partial charge in [0.1, 0.15) is 0 Å². The molecule has 0 aliphatic carbocycles. The number of carbonyl (C=O) groups is 1. The first-order chi connectivity index (χ1) is 11.0. The number of ether oxygens (including phenoxy) is 3. The Morgan fingerprint density at radius 3 is 2.35 bits per heavy atom. The van der Waals surface area contributed by atoms with Crippen LogP contribution in [0.1, 0.15) is 10.5 Å². The normalized spacial score (nSPS) is 10.3. The van der Waals surface area contributed by atoms with Crippen LogP contribution in [-0.4, -0.2) is 54.3 Å². The highest BCUT2D eigenvalue weighted by atomic mass is 16.7. The second-order valence-electron chi connectivity index (χ2n) is 4.38. The number of hydrogen-bond acceptors (Lipinski definition) is 9.